The summed E-state index contributed by atoms with van der Waals surface area (Å²) in [7, 11) is 0. The Morgan fingerprint density at radius 2 is 2.08 bits per heavy atom. The van der Waals surface area contributed by atoms with Crippen molar-refractivity contribution in [3.05, 3.63) is 47.7 Å². The van der Waals surface area contributed by atoms with E-state index in [0.717, 1.165) is 5.70 Å². The van der Waals surface area contributed by atoms with E-state index in [1.807, 2.05) is 24.3 Å². The Balaban J connectivity index is 2.55. The SMILES string of the molecule is CC12C(N)=CC=CC1=CC=CC2N. The molecule has 2 aliphatic rings. The molecule has 2 unspecified atom stereocenters. The summed E-state index contributed by atoms with van der Waals surface area (Å²) in [4.78, 5) is 0. The van der Waals surface area contributed by atoms with Crippen molar-refractivity contribution in [3.63, 3.8) is 0 Å². The lowest BCUT2D eigenvalue weighted by Crippen LogP contribution is -2.45. The quantitative estimate of drug-likeness (QED) is 0.580. The number of fused-ring (bicyclic) bond motifs is 1. The number of nitrogens with two attached hydrogens (primary N) is 2. The van der Waals surface area contributed by atoms with Gasteiger partial charge in [-0.2, -0.15) is 0 Å². The molecule has 0 saturated carbocycles. The largest absolute Gasteiger partial charge is 0.401 e. The van der Waals surface area contributed by atoms with E-state index in [-0.39, 0.29) is 11.5 Å². The maximum absolute atomic E-state index is 6.03. The summed E-state index contributed by atoms with van der Waals surface area (Å²) in [6.45, 7) is 2.09. The molecule has 0 aromatic heterocycles. The van der Waals surface area contributed by atoms with Gasteiger partial charge in [0.1, 0.15) is 0 Å². The van der Waals surface area contributed by atoms with E-state index >= 15 is 0 Å². The molecular weight excluding hydrogens is 160 g/mol. The first-order valence-electron chi connectivity index (χ1n) is 4.44. The van der Waals surface area contributed by atoms with Crippen LogP contribution in [0.15, 0.2) is 47.7 Å². The van der Waals surface area contributed by atoms with Crippen LogP contribution in [0, 0.1) is 5.41 Å². The number of rotatable bonds is 0. The fraction of sp³-hybridized carbons (Fsp3) is 0.273. The second-order valence-corrected chi connectivity index (χ2v) is 3.72. The van der Waals surface area contributed by atoms with E-state index in [2.05, 4.69) is 19.1 Å². The van der Waals surface area contributed by atoms with Crippen LogP contribution >= 0.6 is 0 Å². The molecule has 0 saturated heterocycles. The van der Waals surface area contributed by atoms with Crippen molar-refractivity contribution in [2.24, 2.45) is 16.9 Å². The zero-order valence-electron chi connectivity index (χ0n) is 7.70. The van der Waals surface area contributed by atoms with Crippen LogP contribution in [-0.2, 0) is 0 Å². The molecule has 2 aliphatic carbocycles. The van der Waals surface area contributed by atoms with Crippen molar-refractivity contribution in [1.82, 2.24) is 0 Å². The molecule has 0 bridgehead atoms. The molecule has 0 aliphatic heterocycles. The van der Waals surface area contributed by atoms with Crippen LogP contribution in [-0.4, -0.2) is 6.04 Å². The molecule has 0 radical (unpaired) electrons. The number of allylic oxidation sites excluding steroid dienone is 5. The molecule has 0 amide bonds. The van der Waals surface area contributed by atoms with Gasteiger partial charge in [-0.15, -0.1) is 0 Å². The van der Waals surface area contributed by atoms with E-state index in [1.54, 1.807) is 0 Å². The smallest absolute Gasteiger partial charge is 0.0506 e. The highest BCUT2D eigenvalue weighted by atomic mass is 14.8. The van der Waals surface area contributed by atoms with E-state index in [0.29, 0.717) is 0 Å². The van der Waals surface area contributed by atoms with E-state index in [4.69, 9.17) is 11.5 Å². The minimum Gasteiger partial charge on any atom is -0.401 e. The number of hydrogen-bond acceptors (Lipinski definition) is 2. The van der Waals surface area contributed by atoms with Crippen molar-refractivity contribution in [3.8, 4) is 0 Å². The highest BCUT2D eigenvalue weighted by Crippen LogP contribution is 2.40. The minimum atomic E-state index is -0.205. The summed E-state index contributed by atoms with van der Waals surface area (Å²) in [5, 5.41) is 0. The molecule has 2 atom stereocenters. The van der Waals surface area contributed by atoms with Gasteiger partial charge >= 0.3 is 0 Å². The lowest BCUT2D eigenvalue weighted by molar-refractivity contribution is 0.422. The molecule has 0 spiro atoms. The average molecular weight is 174 g/mol. The maximum atomic E-state index is 6.03. The molecule has 0 heterocycles. The zero-order chi connectivity index (χ0) is 9.47. The van der Waals surface area contributed by atoms with Gasteiger partial charge in [-0.25, -0.2) is 0 Å². The summed E-state index contributed by atoms with van der Waals surface area (Å²) < 4.78 is 0. The Morgan fingerprint density at radius 1 is 1.31 bits per heavy atom. The summed E-state index contributed by atoms with van der Waals surface area (Å²) in [5.41, 5.74) is 13.8. The molecule has 0 aromatic rings. The Bertz CT molecular complexity index is 347. The molecule has 13 heavy (non-hydrogen) atoms. The highest BCUT2D eigenvalue weighted by Gasteiger charge is 2.38. The van der Waals surface area contributed by atoms with Crippen LogP contribution < -0.4 is 11.5 Å². The van der Waals surface area contributed by atoms with Crippen molar-refractivity contribution in [1.29, 1.82) is 0 Å². The van der Waals surface area contributed by atoms with Crippen LogP contribution in [0.3, 0.4) is 0 Å². The van der Waals surface area contributed by atoms with E-state index in [1.165, 1.54) is 5.57 Å². The fourth-order valence-corrected chi connectivity index (χ4v) is 1.85. The zero-order valence-corrected chi connectivity index (χ0v) is 7.70. The Hall–Kier alpha value is -1.28. The number of hydrogen-bond donors (Lipinski definition) is 2. The third kappa shape index (κ3) is 0.988. The molecule has 2 nitrogen and oxygen atoms in total. The minimum absolute atomic E-state index is 0.0197. The van der Waals surface area contributed by atoms with Gasteiger partial charge in [0, 0.05) is 11.7 Å². The molecule has 4 N–H and O–H groups in total. The summed E-state index contributed by atoms with van der Waals surface area (Å²) in [6.07, 6.45) is 12.0. The van der Waals surface area contributed by atoms with Crippen molar-refractivity contribution in [2.75, 3.05) is 0 Å². The van der Waals surface area contributed by atoms with Crippen molar-refractivity contribution < 1.29 is 0 Å². The highest BCUT2D eigenvalue weighted by molar-refractivity contribution is 5.48. The second-order valence-electron chi connectivity index (χ2n) is 3.72. The van der Waals surface area contributed by atoms with Gasteiger partial charge in [0.05, 0.1) is 5.41 Å². The van der Waals surface area contributed by atoms with Gasteiger partial charge in [0.2, 0.25) is 0 Å². The summed E-state index contributed by atoms with van der Waals surface area (Å²) in [6, 6.07) is -0.0197. The molecule has 2 heteroatoms. The Kier molecular flexibility index (Phi) is 1.67. The second kappa shape index (κ2) is 2.60. The predicted octanol–water partition coefficient (Wildman–Crippen LogP) is 1.23. The summed E-state index contributed by atoms with van der Waals surface area (Å²) >= 11 is 0. The predicted molar refractivity (Wildman–Crippen MR) is 54.7 cm³/mol. The average Bonchev–Trinajstić information content (AvgIpc) is 2.10. The topological polar surface area (TPSA) is 52.0 Å². The van der Waals surface area contributed by atoms with Crippen LogP contribution in [0.5, 0.6) is 0 Å². The van der Waals surface area contributed by atoms with Crippen LogP contribution in [0.2, 0.25) is 0 Å². The first kappa shape index (κ1) is 8.32. The van der Waals surface area contributed by atoms with Gasteiger partial charge in [-0.3, -0.25) is 0 Å². The van der Waals surface area contributed by atoms with Gasteiger partial charge in [0.15, 0.2) is 0 Å². The summed E-state index contributed by atoms with van der Waals surface area (Å²) in [5.74, 6) is 0. The maximum Gasteiger partial charge on any atom is 0.0506 e. The van der Waals surface area contributed by atoms with Crippen LogP contribution in [0.4, 0.5) is 0 Å². The molecule has 2 rings (SSSR count). The van der Waals surface area contributed by atoms with Crippen LogP contribution in [0.25, 0.3) is 0 Å². The van der Waals surface area contributed by atoms with Gasteiger partial charge in [0.25, 0.3) is 0 Å². The lowest BCUT2D eigenvalue weighted by atomic mass is 9.69. The van der Waals surface area contributed by atoms with Gasteiger partial charge in [-0.05, 0) is 18.6 Å². The first-order valence-corrected chi connectivity index (χ1v) is 4.44. The molecule has 68 valence electrons. The van der Waals surface area contributed by atoms with Crippen molar-refractivity contribution >= 4 is 0 Å². The third-order valence-corrected chi connectivity index (χ3v) is 3.01. The van der Waals surface area contributed by atoms with Gasteiger partial charge in [-0.1, -0.05) is 30.4 Å². The Morgan fingerprint density at radius 3 is 2.77 bits per heavy atom. The first-order chi connectivity index (χ1) is 6.15. The fourth-order valence-electron chi connectivity index (χ4n) is 1.85. The van der Waals surface area contributed by atoms with E-state index < -0.39 is 0 Å². The van der Waals surface area contributed by atoms with E-state index in [9.17, 15) is 0 Å². The Labute approximate surface area is 78.3 Å². The lowest BCUT2D eigenvalue weighted by Gasteiger charge is -2.39. The molecule has 0 aromatic carbocycles. The standard InChI is InChI=1S/C11H14N2/c1-11-8(4-2-6-9(11)12)5-3-7-10(11)13/h2-7,9H,12-13H2,1H3. The van der Waals surface area contributed by atoms with Gasteiger partial charge < -0.3 is 11.5 Å². The van der Waals surface area contributed by atoms with Crippen molar-refractivity contribution in [2.45, 2.75) is 13.0 Å². The normalized spacial score (nSPS) is 36.6. The van der Waals surface area contributed by atoms with Crippen LogP contribution in [0.1, 0.15) is 6.92 Å². The molecule has 0 fully saturated rings. The monoisotopic (exact) mass is 174 g/mol. The third-order valence-electron chi connectivity index (χ3n) is 3.01. The molecular formula is C11H14N2.